The predicted molar refractivity (Wildman–Crippen MR) is 96.3 cm³/mol. The fraction of sp³-hybridized carbons (Fsp3) is 0.300. The van der Waals surface area contributed by atoms with E-state index in [-0.39, 0.29) is 5.69 Å². The fourth-order valence-electron chi connectivity index (χ4n) is 2.97. The molecule has 0 radical (unpaired) electrons. The van der Waals surface area contributed by atoms with Crippen molar-refractivity contribution in [2.75, 3.05) is 10.6 Å². The van der Waals surface area contributed by atoms with Crippen LogP contribution in [0.4, 0.5) is 24.5 Å². The molecule has 142 valence electrons. The van der Waals surface area contributed by atoms with Crippen molar-refractivity contribution in [2.24, 2.45) is 5.41 Å². The molecular formula is C20H19F3N2O2. The molecule has 0 saturated heterocycles. The molecule has 0 unspecified atom stereocenters. The summed E-state index contributed by atoms with van der Waals surface area (Å²) in [4.78, 5) is 25.2. The number of nitrogens with one attached hydrogen (secondary N) is 2. The second-order valence-corrected chi connectivity index (χ2v) is 6.94. The van der Waals surface area contributed by atoms with E-state index in [9.17, 15) is 22.8 Å². The molecule has 2 N–H and O–H groups in total. The van der Waals surface area contributed by atoms with Crippen LogP contribution in [0.25, 0.3) is 0 Å². The van der Waals surface area contributed by atoms with Gasteiger partial charge >= 0.3 is 6.18 Å². The van der Waals surface area contributed by atoms with Gasteiger partial charge in [0.05, 0.1) is 5.56 Å². The summed E-state index contributed by atoms with van der Waals surface area (Å²) in [6.07, 6.45) is -3.64. The molecule has 0 atom stereocenters. The van der Waals surface area contributed by atoms with Gasteiger partial charge in [0.25, 0.3) is 0 Å². The number of benzene rings is 2. The predicted octanol–water partition coefficient (Wildman–Crippen LogP) is 4.68. The number of alkyl halides is 3. The minimum Gasteiger partial charge on any atom is -0.325 e. The lowest BCUT2D eigenvalue weighted by atomic mass is 10.0. The van der Waals surface area contributed by atoms with Crippen molar-refractivity contribution >= 4 is 23.2 Å². The van der Waals surface area contributed by atoms with Gasteiger partial charge in [-0.2, -0.15) is 13.2 Å². The number of carbonyl (C=O) groups excluding carboxylic acids is 2. The maximum atomic E-state index is 12.6. The van der Waals surface area contributed by atoms with E-state index in [1.54, 1.807) is 0 Å². The van der Waals surface area contributed by atoms with Gasteiger partial charge in [0.1, 0.15) is 5.41 Å². The second-order valence-electron chi connectivity index (χ2n) is 6.94. The number of carbonyl (C=O) groups is 2. The van der Waals surface area contributed by atoms with Gasteiger partial charge in [-0.25, -0.2) is 0 Å². The van der Waals surface area contributed by atoms with Crippen LogP contribution in [0.5, 0.6) is 0 Å². The van der Waals surface area contributed by atoms with Gasteiger partial charge in [-0.1, -0.05) is 6.07 Å². The maximum Gasteiger partial charge on any atom is 0.416 e. The average molecular weight is 376 g/mol. The summed E-state index contributed by atoms with van der Waals surface area (Å²) >= 11 is 0. The number of amides is 2. The molecule has 7 heteroatoms. The Morgan fingerprint density at radius 2 is 1.33 bits per heavy atom. The molecule has 4 nitrogen and oxygen atoms in total. The Balaban J connectivity index is 1.69. The Labute approximate surface area is 154 Å². The number of rotatable bonds is 4. The first-order chi connectivity index (χ1) is 12.6. The quantitative estimate of drug-likeness (QED) is 0.762. The van der Waals surface area contributed by atoms with Crippen LogP contribution in [0.3, 0.4) is 0 Å². The molecule has 27 heavy (non-hydrogen) atoms. The van der Waals surface area contributed by atoms with Crippen LogP contribution in [-0.4, -0.2) is 11.8 Å². The SMILES string of the molecule is Cc1cc(C)cc(NC(=O)C2(C(=O)Nc3ccc(C(F)(F)F)cc3)CC2)c1. The highest BCUT2D eigenvalue weighted by Crippen LogP contribution is 2.47. The van der Waals surface area contributed by atoms with Crippen LogP contribution >= 0.6 is 0 Å². The monoisotopic (exact) mass is 376 g/mol. The molecule has 1 aliphatic rings. The van der Waals surface area contributed by atoms with E-state index in [1.165, 1.54) is 12.1 Å². The number of hydrogen-bond donors (Lipinski definition) is 2. The van der Waals surface area contributed by atoms with Crippen molar-refractivity contribution in [2.45, 2.75) is 32.9 Å². The van der Waals surface area contributed by atoms with E-state index in [0.717, 1.165) is 23.3 Å². The topological polar surface area (TPSA) is 58.2 Å². The average Bonchev–Trinajstić information content (AvgIpc) is 3.35. The molecule has 1 saturated carbocycles. The summed E-state index contributed by atoms with van der Waals surface area (Å²) in [6, 6.07) is 9.75. The van der Waals surface area contributed by atoms with Gasteiger partial charge in [-0.3, -0.25) is 9.59 Å². The van der Waals surface area contributed by atoms with Crippen molar-refractivity contribution in [1.82, 2.24) is 0 Å². The van der Waals surface area contributed by atoms with Crippen molar-refractivity contribution in [1.29, 1.82) is 0 Å². The molecule has 0 heterocycles. The highest BCUT2D eigenvalue weighted by atomic mass is 19.4. The van der Waals surface area contributed by atoms with E-state index in [2.05, 4.69) is 10.6 Å². The standard InChI is InChI=1S/C20H19F3N2O2/c1-12-9-13(2)11-16(10-12)25-18(27)19(7-8-19)17(26)24-15-5-3-14(4-6-15)20(21,22)23/h3-6,9-11H,7-8H2,1-2H3,(H,24,26)(H,25,27). The van der Waals surface area contributed by atoms with Gasteiger partial charge in [-0.05, 0) is 74.2 Å². The number of halogens is 3. The molecule has 2 amide bonds. The summed E-state index contributed by atoms with van der Waals surface area (Å²) in [5, 5.41) is 5.32. The molecule has 0 bridgehead atoms. The Hall–Kier alpha value is -2.83. The summed E-state index contributed by atoms with van der Waals surface area (Å²) < 4.78 is 37.8. The van der Waals surface area contributed by atoms with Gasteiger partial charge < -0.3 is 10.6 Å². The smallest absolute Gasteiger partial charge is 0.325 e. The van der Waals surface area contributed by atoms with Gasteiger partial charge in [0, 0.05) is 11.4 Å². The number of aryl methyl sites for hydroxylation is 2. The molecule has 0 spiro atoms. The lowest BCUT2D eigenvalue weighted by molar-refractivity contribution is -0.137. The summed E-state index contributed by atoms with van der Waals surface area (Å²) in [6.45, 7) is 3.82. The van der Waals surface area contributed by atoms with Gasteiger partial charge in [0.15, 0.2) is 0 Å². The Kier molecular flexibility index (Phi) is 4.71. The van der Waals surface area contributed by atoms with E-state index >= 15 is 0 Å². The minimum absolute atomic E-state index is 0.221. The third kappa shape index (κ3) is 4.13. The Morgan fingerprint density at radius 1 is 0.852 bits per heavy atom. The third-order valence-electron chi connectivity index (χ3n) is 4.57. The summed E-state index contributed by atoms with van der Waals surface area (Å²) in [5.74, 6) is -0.916. The van der Waals surface area contributed by atoms with Crippen molar-refractivity contribution < 1.29 is 22.8 Å². The number of anilines is 2. The van der Waals surface area contributed by atoms with Crippen LogP contribution < -0.4 is 10.6 Å². The van der Waals surface area contributed by atoms with Crippen molar-refractivity contribution in [3.8, 4) is 0 Å². The minimum atomic E-state index is -4.44. The highest BCUT2D eigenvalue weighted by molar-refractivity contribution is 6.16. The van der Waals surface area contributed by atoms with Crippen LogP contribution in [0, 0.1) is 19.3 Å². The summed E-state index contributed by atoms with van der Waals surface area (Å²) in [5.41, 5.74) is 0.841. The van der Waals surface area contributed by atoms with E-state index < -0.39 is 29.0 Å². The van der Waals surface area contributed by atoms with Crippen LogP contribution in [0.15, 0.2) is 42.5 Å². The Morgan fingerprint density at radius 3 is 1.78 bits per heavy atom. The molecule has 0 aliphatic heterocycles. The lowest BCUT2D eigenvalue weighted by Gasteiger charge is -2.16. The third-order valence-corrected chi connectivity index (χ3v) is 4.57. The first-order valence-corrected chi connectivity index (χ1v) is 8.49. The normalized spacial score (nSPS) is 15.1. The fourth-order valence-corrected chi connectivity index (χ4v) is 2.97. The first kappa shape index (κ1) is 18.9. The van der Waals surface area contributed by atoms with Gasteiger partial charge in [-0.15, -0.1) is 0 Å². The molecular weight excluding hydrogens is 357 g/mol. The van der Waals surface area contributed by atoms with Gasteiger partial charge in [0.2, 0.25) is 11.8 Å². The number of hydrogen-bond acceptors (Lipinski definition) is 2. The lowest BCUT2D eigenvalue weighted by Crippen LogP contribution is -2.35. The second kappa shape index (κ2) is 6.72. The molecule has 2 aromatic carbocycles. The first-order valence-electron chi connectivity index (χ1n) is 8.49. The zero-order chi connectivity index (χ0) is 19.8. The van der Waals surface area contributed by atoms with Crippen LogP contribution in [0.2, 0.25) is 0 Å². The van der Waals surface area contributed by atoms with E-state index in [0.29, 0.717) is 18.5 Å². The van der Waals surface area contributed by atoms with Crippen LogP contribution in [-0.2, 0) is 15.8 Å². The zero-order valence-corrected chi connectivity index (χ0v) is 14.9. The maximum absolute atomic E-state index is 12.6. The van der Waals surface area contributed by atoms with E-state index in [1.807, 2.05) is 32.0 Å². The Bertz CT molecular complexity index is 865. The molecule has 2 aromatic rings. The summed E-state index contributed by atoms with van der Waals surface area (Å²) in [7, 11) is 0. The van der Waals surface area contributed by atoms with E-state index in [4.69, 9.17) is 0 Å². The largest absolute Gasteiger partial charge is 0.416 e. The molecule has 3 rings (SSSR count). The molecule has 0 aromatic heterocycles. The van der Waals surface area contributed by atoms with Crippen molar-refractivity contribution in [3.05, 3.63) is 59.2 Å². The highest BCUT2D eigenvalue weighted by Gasteiger charge is 2.56. The molecule has 1 aliphatic carbocycles. The van der Waals surface area contributed by atoms with Crippen molar-refractivity contribution in [3.63, 3.8) is 0 Å². The van der Waals surface area contributed by atoms with Crippen LogP contribution in [0.1, 0.15) is 29.5 Å². The zero-order valence-electron chi connectivity index (χ0n) is 14.9. The molecule has 1 fully saturated rings.